The van der Waals surface area contributed by atoms with Crippen molar-refractivity contribution in [3.63, 3.8) is 0 Å². The molecular weight excluding hydrogens is 286 g/mol. The molecule has 0 spiro atoms. The van der Waals surface area contributed by atoms with Gasteiger partial charge in [0.25, 0.3) is 0 Å². The van der Waals surface area contributed by atoms with E-state index in [2.05, 4.69) is 70.2 Å². The molecule has 2 N–H and O–H groups in total. The van der Waals surface area contributed by atoms with Gasteiger partial charge in [0, 0.05) is 44.5 Å². The molecule has 23 heavy (non-hydrogen) atoms. The van der Waals surface area contributed by atoms with Crippen LogP contribution in [0, 0.1) is 0 Å². The highest BCUT2D eigenvalue weighted by Crippen LogP contribution is 2.06. The van der Waals surface area contributed by atoms with Gasteiger partial charge in [0.15, 0.2) is 5.96 Å². The SMILES string of the molecule is CN=C(NCCc1nccn1Cc1ccccc1)NC(C)(C)C. The van der Waals surface area contributed by atoms with Crippen LogP contribution < -0.4 is 10.6 Å². The molecule has 1 aromatic carbocycles. The molecule has 0 aliphatic carbocycles. The van der Waals surface area contributed by atoms with Crippen LogP contribution in [-0.4, -0.2) is 34.6 Å². The molecule has 1 aromatic heterocycles. The first-order chi connectivity index (χ1) is 11.0. The molecule has 1 heterocycles. The van der Waals surface area contributed by atoms with Crippen molar-refractivity contribution in [2.24, 2.45) is 4.99 Å². The number of aliphatic imine (C=N–C) groups is 1. The van der Waals surface area contributed by atoms with E-state index in [0.29, 0.717) is 0 Å². The number of hydrogen-bond donors (Lipinski definition) is 2. The van der Waals surface area contributed by atoms with Crippen molar-refractivity contribution in [1.29, 1.82) is 0 Å². The molecule has 0 aliphatic rings. The highest BCUT2D eigenvalue weighted by molar-refractivity contribution is 5.80. The Bertz CT molecular complexity index is 622. The van der Waals surface area contributed by atoms with E-state index in [4.69, 9.17) is 0 Å². The van der Waals surface area contributed by atoms with Crippen molar-refractivity contribution in [1.82, 2.24) is 20.2 Å². The minimum Gasteiger partial charge on any atom is -0.356 e. The molecule has 5 heteroatoms. The predicted molar refractivity (Wildman–Crippen MR) is 95.7 cm³/mol. The summed E-state index contributed by atoms with van der Waals surface area (Å²) in [6.07, 6.45) is 4.75. The van der Waals surface area contributed by atoms with Gasteiger partial charge in [-0.2, -0.15) is 0 Å². The van der Waals surface area contributed by atoms with Crippen molar-refractivity contribution in [3.05, 3.63) is 54.1 Å². The summed E-state index contributed by atoms with van der Waals surface area (Å²) in [5.74, 6) is 1.89. The fourth-order valence-corrected chi connectivity index (χ4v) is 2.32. The fourth-order valence-electron chi connectivity index (χ4n) is 2.32. The van der Waals surface area contributed by atoms with Crippen LogP contribution in [0.2, 0.25) is 0 Å². The minimum atomic E-state index is -0.00633. The maximum Gasteiger partial charge on any atom is 0.191 e. The maximum atomic E-state index is 4.47. The number of nitrogens with one attached hydrogen (secondary N) is 2. The summed E-state index contributed by atoms with van der Waals surface area (Å²) in [4.78, 5) is 8.72. The topological polar surface area (TPSA) is 54.2 Å². The first kappa shape index (κ1) is 17.1. The molecule has 2 aromatic rings. The number of benzene rings is 1. The second-order valence-corrected chi connectivity index (χ2v) is 6.58. The van der Waals surface area contributed by atoms with Crippen LogP contribution in [0.25, 0.3) is 0 Å². The number of rotatable bonds is 5. The van der Waals surface area contributed by atoms with Gasteiger partial charge in [0.05, 0.1) is 0 Å². The molecule has 0 radical (unpaired) electrons. The summed E-state index contributed by atoms with van der Waals surface area (Å²) in [7, 11) is 1.79. The second kappa shape index (κ2) is 7.81. The van der Waals surface area contributed by atoms with Crippen molar-refractivity contribution in [2.45, 2.75) is 39.3 Å². The molecule has 0 saturated carbocycles. The Labute approximate surface area is 138 Å². The molecule has 0 atom stereocenters. The van der Waals surface area contributed by atoms with E-state index in [0.717, 1.165) is 31.3 Å². The summed E-state index contributed by atoms with van der Waals surface area (Å²) in [6.45, 7) is 8.00. The van der Waals surface area contributed by atoms with Crippen LogP contribution >= 0.6 is 0 Å². The molecule has 2 rings (SSSR count). The maximum absolute atomic E-state index is 4.47. The third-order valence-corrected chi connectivity index (χ3v) is 3.36. The van der Waals surface area contributed by atoms with E-state index in [-0.39, 0.29) is 5.54 Å². The van der Waals surface area contributed by atoms with Crippen molar-refractivity contribution in [2.75, 3.05) is 13.6 Å². The summed E-state index contributed by atoms with van der Waals surface area (Å²) >= 11 is 0. The smallest absolute Gasteiger partial charge is 0.191 e. The van der Waals surface area contributed by atoms with Crippen molar-refractivity contribution in [3.8, 4) is 0 Å². The van der Waals surface area contributed by atoms with Crippen LogP contribution in [0.1, 0.15) is 32.2 Å². The van der Waals surface area contributed by atoms with Crippen LogP contribution in [0.15, 0.2) is 47.7 Å². The van der Waals surface area contributed by atoms with Crippen LogP contribution in [0.5, 0.6) is 0 Å². The van der Waals surface area contributed by atoms with Gasteiger partial charge in [-0.15, -0.1) is 0 Å². The molecule has 124 valence electrons. The fraction of sp³-hybridized carbons (Fsp3) is 0.444. The van der Waals surface area contributed by atoms with E-state index >= 15 is 0 Å². The largest absolute Gasteiger partial charge is 0.356 e. The highest BCUT2D eigenvalue weighted by atomic mass is 15.2. The molecule has 0 saturated heterocycles. The lowest BCUT2D eigenvalue weighted by atomic mass is 10.1. The minimum absolute atomic E-state index is 0.00633. The molecule has 0 bridgehead atoms. The van der Waals surface area contributed by atoms with Gasteiger partial charge in [0.1, 0.15) is 5.82 Å². The zero-order valence-corrected chi connectivity index (χ0v) is 14.5. The third-order valence-electron chi connectivity index (χ3n) is 3.36. The van der Waals surface area contributed by atoms with E-state index in [1.165, 1.54) is 5.56 Å². The van der Waals surface area contributed by atoms with Gasteiger partial charge in [0.2, 0.25) is 0 Å². The number of nitrogens with zero attached hydrogens (tertiary/aromatic N) is 3. The lowest BCUT2D eigenvalue weighted by Gasteiger charge is -2.23. The number of imidazole rings is 1. The summed E-state index contributed by atoms with van der Waals surface area (Å²) < 4.78 is 2.19. The van der Waals surface area contributed by atoms with E-state index in [1.807, 2.05) is 18.5 Å². The zero-order valence-electron chi connectivity index (χ0n) is 14.5. The Balaban J connectivity index is 1.88. The highest BCUT2D eigenvalue weighted by Gasteiger charge is 2.11. The number of aromatic nitrogens is 2. The predicted octanol–water partition coefficient (Wildman–Crippen LogP) is 2.44. The Morgan fingerprint density at radius 2 is 1.96 bits per heavy atom. The zero-order chi connectivity index (χ0) is 16.7. The quantitative estimate of drug-likeness (QED) is 0.658. The van der Waals surface area contributed by atoms with Crippen molar-refractivity contribution >= 4 is 5.96 Å². The monoisotopic (exact) mass is 313 g/mol. The average Bonchev–Trinajstić information content (AvgIpc) is 2.93. The molecule has 0 fully saturated rings. The van der Waals surface area contributed by atoms with E-state index in [1.54, 1.807) is 7.05 Å². The van der Waals surface area contributed by atoms with Gasteiger partial charge < -0.3 is 15.2 Å². The van der Waals surface area contributed by atoms with Gasteiger partial charge in [-0.3, -0.25) is 4.99 Å². The molecule has 0 aliphatic heterocycles. The van der Waals surface area contributed by atoms with Crippen LogP contribution in [-0.2, 0) is 13.0 Å². The summed E-state index contributed by atoms with van der Waals surface area (Å²) in [5.41, 5.74) is 1.28. The molecule has 5 nitrogen and oxygen atoms in total. The van der Waals surface area contributed by atoms with Gasteiger partial charge in [-0.25, -0.2) is 4.98 Å². The van der Waals surface area contributed by atoms with Crippen molar-refractivity contribution < 1.29 is 0 Å². The molecule has 0 unspecified atom stereocenters. The molecule has 0 amide bonds. The Hall–Kier alpha value is -2.30. The van der Waals surface area contributed by atoms with Crippen LogP contribution in [0.4, 0.5) is 0 Å². The average molecular weight is 313 g/mol. The Morgan fingerprint density at radius 3 is 2.61 bits per heavy atom. The first-order valence-corrected chi connectivity index (χ1v) is 8.01. The summed E-state index contributed by atoms with van der Waals surface area (Å²) in [5, 5.41) is 6.69. The third kappa shape index (κ3) is 5.77. The second-order valence-electron chi connectivity index (χ2n) is 6.58. The lowest BCUT2D eigenvalue weighted by Crippen LogP contribution is -2.48. The van der Waals surface area contributed by atoms with Gasteiger partial charge in [-0.1, -0.05) is 30.3 Å². The van der Waals surface area contributed by atoms with E-state index < -0.39 is 0 Å². The van der Waals surface area contributed by atoms with Gasteiger partial charge in [-0.05, 0) is 26.3 Å². The number of hydrogen-bond acceptors (Lipinski definition) is 2. The standard InChI is InChI=1S/C18H27N5/c1-18(2,3)22-17(19-4)21-11-10-16-20-12-13-23(16)14-15-8-6-5-7-9-15/h5-9,12-13H,10-11,14H2,1-4H3,(H2,19,21,22). The van der Waals surface area contributed by atoms with E-state index in [9.17, 15) is 0 Å². The van der Waals surface area contributed by atoms with Gasteiger partial charge >= 0.3 is 0 Å². The number of guanidine groups is 1. The lowest BCUT2D eigenvalue weighted by molar-refractivity contribution is 0.501. The summed E-state index contributed by atoms with van der Waals surface area (Å²) in [6, 6.07) is 10.4. The first-order valence-electron chi connectivity index (χ1n) is 8.01. The molecular formula is C18H27N5. The van der Waals surface area contributed by atoms with Crippen LogP contribution in [0.3, 0.4) is 0 Å². The normalized spacial score (nSPS) is 12.3. The Kier molecular flexibility index (Phi) is 5.79. The Morgan fingerprint density at radius 1 is 1.22 bits per heavy atom.